The van der Waals surface area contributed by atoms with Crippen molar-refractivity contribution in [2.45, 2.75) is 44.2 Å². The van der Waals surface area contributed by atoms with Crippen LogP contribution in [0.4, 0.5) is 0 Å². The van der Waals surface area contributed by atoms with Crippen LogP contribution in [0.3, 0.4) is 0 Å². The SMILES string of the molecule is O=C1CCC(C(=O)OCC(=O)N2N=C3C(=Cc4ccc(Cl)cc4)CCCC3C2c2ccc(Cl)cc2)N1. The van der Waals surface area contributed by atoms with Crippen LogP contribution in [0, 0.1) is 5.92 Å². The molecule has 0 radical (unpaired) electrons. The molecule has 7 nitrogen and oxygen atoms in total. The van der Waals surface area contributed by atoms with Crippen molar-refractivity contribution >= 4 is 52.8 Å². The van der Waals surface area contributed by atoms with E-state index in [-0.39, 0.29) is 24.3 Å². The number of halogens is 2. The second kappa shape index (κ2) is 10.4. The molecule has 2 amide bonds. The van der Waals surface area contributed by atoms with Gasteiger partial charge < -0.3 is 10.1 Å². The smallest absolute Gasteiger partial charge is 0.329 e. The molecule has 2 aromatic rings. The van der Waals surface area contributed by atoms with Gasteiger partial charge in [-0.15, -0.1) is 0 Å². The Kier molecular flexibility index (Phi) is 7.12. The number of esters is 1. The molecule has 0 aromatic heterocycles. The Balaban J connectivity index is 1.41. The molecule has 5 rings (SSSR count). The number of carbonyl (C=O) groups is 3. The molecule has 2 aliphatic heterocycles. The van der Waals surface area contributed by atoms with Crippen molar-refractivity contribution in [2.75, 3.05) is 6.61 Å². The first-order valence-corrected chi connectivity index (χ1v) is 12.7. The molecule has 2 fully saturated rings. The van der Waals surface area contributed by atoms with E-state index in [0.717, 1.165) is 41.7 Å². The van der Waals surface area contributed by atoms with Gasteiger partial charge in [0.25, 0.3) is 5.91 Å². The minimum Gasteiger partial charge on any atom is -0.454 e. The molecular formula is C27H25Cl2N3O4. The lowest BCUT2D eigenvalue weighted by molar-refractivity contribution is -0.154. The van der Waals surface area contributed by atoms with Gasteiger partial charge >= 0.3 is 5.97 Å². The number of ether oxygens (including phenoxy) is 1. The molecule has 0 spiro atoms. The second-order valence-corrected chi connectivity index (χ2v) is 10.1. The van der Waals surface area contributed by atoms with Gasteiger partial charge in [0, 0.05) is 22.4 Å². The normalized spacial score (nSPS) is 24.3. The Bertz CT molecular complexity index is 1240. The van der Waals surface area contributed by atoms with Gasteiger partial charge in [0.1, 0.15) is 6.04 Å². The Morgan fingerprint density at radius 1 is 1.03 bits per heavy atom. The highest BCUT2D eigenvalue weighted by molar-refractivity contribution is 6.30. The van der Waals surface area contributed by atoms with Crippen LogP contribution in [-0.2, 0) is 19.1 Å². The molecule has 2 aromatic carbocycles. The standard InChI is InChI=1S/C27H25Cl2N3O4/c28-19-8-4-16(5-9-19)14-18-2-1-3-21-25(18)31-32(26(21)17-6-10-20(29)11-7-17)24(34)15-36-27(35)22-12-13-23(33)30-22/h4-11,14,21-22,26H,1-3,12-13,15H2,(H,30,33). The summed E-state index contributed by atoms with van der Waals surface area (Å²) in [5, 5.41) is 10.1. The minimum absolute atomic E-state index is 0.00671. The maximum absolute atomic E-state index is 13.3. The van der Waals surface area contributed by atoms with E-state index in [0.29, 0.717) is 16.5 Å². The number of amides is 2. The Hall–Kier alpha value is -3.16. The number of hydrazone groups is 1. The summed E-state index contributed by atoms with van der Waals surface area (Å²) < 4.78 is 5.28. The van der Waals surface area contributed by atoms with Crippen LogP contribution < -0.4 is 5.32 Å². The van der Waals surface area contributed by atoms with E-state index >= 15 is 0 Å². The number of carbonyl (C=O) groups excluding carboxylic acids is 3. The highest BCUT2D eigenvalue weighted by Crippen LogP contribution is 2.44. The number of nitrogens with zero attached hydrogens (tertiary/aromatic N) is 2. The predicted molar refractivity (Wildman–Crippen MR) is 137 cm³/mol. The van der Waals surface area contributed by atoms with Gasteiger partial charge in [0.15, 0.2) is 6.61 Å². The molecule has 186 valence electrons. The van der Waals surface area contributed by atoms with Crippen molar-refractivity contribution in [2.24, 2.45) is 11.0 Å². The summed E-state index contributed by atoms with van der Waals surface area (Å²) in [7, 11) is 0. The van der Waals surface area contributed by atoms with Gasteiger partial charge in [-0.1, -0.05) is 47.5 Å². The van der Waals surface area contributed by atoms with Crippen LogP contribution in [0.15, 0.2) is 59.2 Å². The quantitative estimate of drug-likeness (QED) is 0.560. The second-order valence-electron chi connectivity index (χ2n) is 9.21. The van der Waals surface area contributed by atoms with Crippen molar-refractivity contribution in [3.63, 3.8) is 0 Å². The first-order chi connectivity index (χ1) is 17.4. The van der Waals surface area contributed by atoms with Crippen molar-refractivity contribution in [3.8, 4) is 0 Å². The van der Waals surface area contributed by atoms with E-state index in [1.54, 1.807) is 12.1 Å². The van der Waals surface area contributed by atoms with Gasteiger partial charge in [-0.3, -0.25) is 9.59 Å². The van der Waals surface area contributed by atoms with E-state index in [1.165, 1.54) is 5.01 Å². The third kappa shape index (κ3) is 5.18. The van der Waals surface area contributed by atoms with Crippen LogP contribution in [0.5, 0.6) is 0 Å². The molecule has 1 aliphatic carbocycles. The predicted octanol–water partition coefficient (Wildman–Crippen LogP) is 4.94. The van der Waals surface area contributed by atoms with Crippen LogP contribution in [0.1, 0.15) is 49.3 Å². The van der Waals surface area contributed by atoms with Crippen LogP contribution >= 0.6 is 23.2 Å². The fourth-order valence-electron chi connectivity index (χ4n) is 5.05. The third-order valence-corrected chi connectivity index (χ3v) is 7.30. The van der Waals surface area contributed by atoms with Gasteiger partial charge in [-0.25, -0.2) is 9.80 Å². The zero-order valence-corrected chi connectivity index (χ0v) is 21.0. The molecule has 1 saturated heterocycles. The van der Waals surface area contributed by atoms with Crippen molar-refractivity contribution in [3.05, 3.63) is 75.3 Å². The summed E-state index contributed by atoms with van der Waals surface area (Å²) >= 11 is 12.2. The van der Waals surface area contributed by atoms with E-state index in [2.05, 4.69) is 11.4 Å². The van der Waals surface area contributed by atoms with Gasteiger partial charge in [0.05, 0.1) is 11.8 Å². The summed E-state index contributed by atoms with van der Waals surface area (Å²) in [6.07, 6.45) is 5.43. The number of nitrogens with one attached hydrogen (secondary N) is 1. The summed E-state index contributed by atoms with van der Waals surface area (Å²) in [5.41, 5.74) is 3.88. The number of benzene rings is 2. The Morgan fingerprint density at radius 2 is 1.72 bits per heavy atom. The maximum atomic E-state index is 13.3. The molecule has 9 heteroatoms. The molecule has 1 saturated carbocycles. The first-order valence-electron chi connectivity index (χ1n) is 12.0. The van der Waals surface area contributed by atoms with Gasteiger partial charge in [-0.2, -0.15) is 5.10 Å². The number of fused-ring (bicyclic) bond motifs is 1. The summed E-state index contributed by atoms with van der Waals surface area (Å²) in [4.78, 5) is 37.1. The van der Waals surface area contributed by atoms with Crippen molar-refractivity contribution in [1.82, 2.24) is 10.3 Å². The monoisotopic (exact) mass is 525 g/mol. The highest BCUT2D eigenvalue weighted by atomic mass is 35.5. The third-order valence-electron chi connectivity index (χ3n) is 6.80. The molecule has 3 atom stereocenters. The topological polar surface area (TPSA) is 88.1 Å². The van der Waals surface area contributed by atoms with Crippen molar-refractivity contribution < 1.29 is 19.1 Å². The number of rotatable bonds is 5. The zero-order valence-electron chi connectivity index (χ0n) is 19.5. The fourth-order valence-corrected chi connectivity index (χ4v) is 5.30. The lowest BCUT2D eigenvalue weighted by Gasteiger charge is -2.29. The molecule has 0 bridgehead atoms. The largest absolute Gasteiger partial charge is 0.454 e. The lowest BCUT2D eigenvalue weighted by Crippen LogP contribution is -2.38. The van der Waals surface area contributed by atoms with Gasteiger partial charge in [0.2, 0.25) is 5.91 Å². The summed E-state index contributed by atoms with van der Waals surface area (Å²) in [6, 6.07) is 14.0. The molecule has 3 unspecified atom stereocenters. The maximum Gasteiger partial charge on any atom is 0.329 e. The van der Waals surface area contributed by atoms with E-state index < -0.39 is 24.5 Å². The van der Waals surface area contributed by atoms with Crippen molar-refractivity contribution in [1.29, 1.82) is 0 Å². The van der Waals surface area contributed by atoms with Gasteiger partial charge in [-0.05, 0) is 72.7 Å². The Labute approximate surface area is 219 Å². The van der Waals surface area contributed by atoms with Crippen LogP contribution in [0.2, 0.25) is 10.0 Å². The fraction of sp³-hybridized carbons (Fsp3) is 0.333. The van der Waals surface area contributed by atoms with Crippen LogP contribution in [-0.4, -0.2) is 41.2 Å². The average molecular weight is 526 g/mol. The van der Waals surface area contributed by atoms with E-state index in [4.69, 9.17) is 33.0 Å². The van der Waals surface area contributed by atoms with E-state index in [1.807, 2.05) is 36.4 Å². The molecule has 3 aliphatic rings. The molecule has 1 N–H and O–H groups in total. The molecule has 2 heterocycles. The van der Waals surface area contributed by atoms with Crippen LogP contribution in [0.25, 0.3) is 6.08 Å². The Morgan fingerprint density at radius 3 is 2.39 bits per heavy atom. The number of hydrogen-bond acceptors (Lipinski definition) is 5. The number of allylic oxidation sites excluding steroid dienone is 1. The highest BCUT2D eigenvalue weighted by Gasteiger charge is 2.44. The minimum atomic E-state index is -0.709. The average Bonchev–Trinajstić information content (AvgIpc) is 3.49. The molecular weight excluding hydrogens is 501 g/mol. The lowest BCUT2D eigenvalue weighted by atomic mass is 9.77. The summed E-state index contributed by atoms with van der Waals surface area (Å²) in [6.45, 7) is -0.449. The zero-order chi connectivity index (χ0) is 25.2. The molecule has 36 heavy (non-hydrogen) atoms. The summed E-state index contributed by atoms with van der Waals surface area (Å²) in [5.74, 6) is -1.21. The van der Waals surface area contributed by atoms with E-state index in [9.17, 15) is 14.4 Å². The first kappa shape index (κ1) is 24.5. The number of hydrogen-bond donors (Lipinski definition) is 1.